The number of fused-ring (bicyclic) bond motifs is 3. The zero-order valence-corrected chi connectivity index (χ0v) is 16.9. The van der Waals surface area contributed by atoms with Gasteiger partial charge in [0.05, 0.1) is 16.1 Å². The summed E-state index contributed by atoms with van der Waals surface area (Å²) in [4.78, 5) is 6.37. The first kappa shape index (κ1) is 16.6. The SMILES string of the molecule is Cc1cccc(N=c2ssc3c2-c2cc(C)c(C)cc2NC3(C)C)c1. The Kier molecular flexibility index (Phi) is 3.85. The van der Waals surface area contributed by atoms with Gasteiger partial charge < -0.3 is 5.32 Å². The van der Waals surface area contributed by atoms with E-state index in [2.05, 4.69) is 76.3 Å². The summed E-state index contributed by atoms with van der Waals surface area (Å²) in [7, 11) is 3.62. The molecule has 25 heavy (non-hydrogen) atoms. The maximum absolute atomic E-state index is 4.99. The van der Waals surface area contributed by atoms with Gasteiger partial charge in [0.1, 0.15) is 4.67 Å². The first-order valence-corrected chi connectivity index (χ1v) is 10.6. The van der Waals surface area contributed by atoms with Gasteiger partial charge >= 0.3 is 0 Å². The largest absolute Gasteiger partial charge is 0.375 e. The number of anilines is 1. The molecular weight excluding hydrogens is 344 g/mol. The van der Waals surface area contributed by atoms with E-state index in [0.29, 0.717) is 0 Å². The van der Waals surface area contributed by atoms with Gasteiger partial charge in [-0.05, 0) is 75.6 Å². The topological polar surface area (TPSA) is 24.4 Å². The van der Waals surface area contributed by atoms with Crippen LogP contribution in [0.15, 0.2) is 41.4 Å². The molecule has 1 aliphatic rings. The lowest BCUT2D eigenvalue weighted by molar-refractivity contribution is 0.619. The van der Waals surface area contributed by atoms with E-state index in [0.717, 1.165) is 10.4 Å². The minimum Gasteiger partial charge on any atom is -0.375 e. The van der Waals surface area contributed by atoms with Crippen molar-refractivity contribution < 1.29 is 0 Å². The third kappa shape index (κ3) is 2.83. The van der Waals surface area contributed by atoms with Gasteiger partial charge in [-0.1, -0.05) is 32.8 Å². The van der Waals surface area contributed by atoms with Crippen LogP contribution in [0.1, 0.15) is 35.4 Å². The summed E-state index contributed by atoms with van der Waals surface area (Å²) >= 11 is 0. The lowest BCUT2D eigenvalue weighted by atomic mass is 9.88. The van der Waals surface area contributed by atoms with Crippen molar-refractivity contribution in [2.24, 2.45) is 4.99 Å². The average molecular weight is 367 g/mol. The van der Waals surface area contributed by atoms with E-state index in [-0.39, 0.29) is 5.54 Å². The molecule has 128 valence electrons. The molecule has 0 amide bonds. The lowest BCUT2D eigenvalue weighted by Crippen LogP contribution is -2.31. The first-order chi connectivity index (χ1) is 11.8. The van der Waals surface area contributed by atoms with E-state index in [1.165, 1.54) is 38.4 Å². The van der Waals surface area contributed by atoms with Gasteiger partial charge in [0.25, 0.3) is 0 Å². The summed E-state index contributed by atoms with van der Waals surface area (Å²) in [5.74, 6) is 0. The van der Waals surface area contributed by atoms with Crippen LogP contribution in [0.3, 0.4) is 0 Å². The molecule has 0 saturated carbocycles. The Morgan fingerprint density at radius 3 is 2.48 bits per heavy atom. The number of nitrogens with one attached hydrogen (secondary N) is 1. The monoisotopic (exact) mass is 366 g/mol. The van der Waals surface area contributed by atoms with Crippen LogP contribution in [0.5, 0.6) is 0 Å². The van der Waals surface area contributed by atoms with Crippen molar-refractivity contribution in [2.45, 2.75) is 40.2 Å². The highest BCUT2D eigenvalue weighted by molar-refractivity contribution is 7.68. The minimum atomic E-state index is -0.0778. The number of aryl methyl sites for hydroxylation is 3. The van der Waals surface area contributed by atoms with Crippen molar-refractivity contribution in [2.75, 3.05) is 5.32 Å². The van der Waals surface area contributed by atoms with Crippen molar-refractivity contribution >= 4 is 32.1 Å². The van der Waals surface area contributed by atoms with Crippen LogP contribution in [0.25, 0.3) is 11.1 Å². The molecule has 1 aliphatic heterocycles. The molecule has 0 spiro atoms. The molecule has 3 aromatic rings. The molecule has 0 radical (unpaired) electrons. The summed E-state index contributed by atoms with van der Waals surface area (Å²) in [6, 6.07) is 13.0. The molecule has 4 rings (SSSR count). The Morgan fingerprint density at radius 1 is 0.960 bits per heavy atom. The van der Waals surface area contributed by atoms with Crippen LogP contribution >= 0.6 is 20.7 Å². The van der Waals surface area contributed by atoms with Gasteiger partial charge in [0.2, 0.25) is 0 Å². The summed E-state index contributed by atoms with van der Waals surface area (Å²) in [6.45, 7) is 11.0. The van der Waals surface area contributed by atoms with Gasteiger partial charge in [-0.2, -0.15) is 0 Å². The van der Waals surface area contributed by atoms with E-state index in [9.17, 15) is 0 Å². The zero-order chi connectivity index (χ0) is 17.8. The van der Waals surface area contributed by atoms with Crippen molar-refractivity contribution in [3.8, 4) is 11.1 Å². The Labute approximate surface area is 156 Å². The number of benzene rings is 2. The molecule has 4 heteroatoms. The second-order valence-corrected chi connectivity index (χ2v) is 9.49. The standard InChI is InChI=1S/C21H22N2S2/c1-12-7-6-8-15(9-12)22-20-18-16-10-13(2)14(3)11-17(16)23-21(4,5)19(18)24-25-20/h6-11,23H,1-5H3. The highest BCUT2D eigenvalue weighted by Crippen LogP contribution is 2.46. The highest BCUT2D eigenvalue weighted by atomic mass is 32.9. The van der Waals surface area contributed by atoms with Gasteiger partial charge in [0, 0.05) is 16.8 Å². The fraction of sp³-hybridized carbons (Fsp3) is 0.286. The van der Waals surface area contributed by atoms with Crippen molar-refractivity contribution in [3.63, 3.8) is 0 Å². The predicted octanol–water partition coefficient (Wildman–Crippen LogP) is 6.29. The quantitative estimate of drug-likeness (QED) is 0.502. The number of hydrogen-bond acceptors (Lipinski definition) is 4. The van der Waals surface area contributed by atoms with Gasteiger partial charge in [-0.3, -0.25) is 0 Å². The molecule has 0 aliphatic carbocycles. The van der Waals surface area contributed by atoms with Crippen LogP contribution < -0.4 is 9.99 Å². The van der Waals surface area contributed by atoms with Gasteiger partial charge in [-0.15, -0.1) is 0 Å². The van der Waals surface area contributed by atoms with E-state index >= 15 is 0 Å². The molecule has 2 aromatic carbocycles. The Bertz CT molecular complexity index is 1040. The summed E-state index contributed by atoms with van der Waals surface area (Å²) < 4.78 is 1.12. The fourth-order valence-corrected chi connectivity index (χ4v) is 6.26. The molecule has 0 unspecified atom stereocenters. The highest BCUT2D eigenvalue weighted by Gasteiger charge is 2.33. The van der Waals surface area contributed by atoms with Gasteiger partial charge in [-0.25, -0.2) is 4.99 Å². The normalized spacial score (nSPS) is 15.5. The number of hydrogen-bond donors (Lipinski definition) is 1. The molecule has 0 bridgehead atoms. The molecule has 1 aromatic heterocycles. The van der Waals surface area contributed by atoms with Crippen LogP contribution in [0.4, 0.5) is 11.4 Å². The Balaban J connectivity index is 2.00. The van der Waals surface area contributed by atoms with Crippen molar-refractivity contribution in [1.29, 1.82) is 0 Å². The Morgan fingerprint density at radius 2 is 1.72 bits per heavy atom. The zero-order valence-electron chi connectivity index (χ0n) is 15.2. The first-order valence-electron chi connectivity index (χ1n) is 8.50. The van der Waals surface area contributed by atoms with E-state index in [1.807, 2.05) is 10.3 Å². The minimum absolute atomic E-state index is 0.0778. The fourth-order valence-electron chi connectivity index (χ4n) is 3.32. The second-order valence-electron chi connectivity index (χ2n) is 7.36. The number of rotatable bonds is 1. The van der Waals surface area contributed by atoms with Gasteiger partial charge in [0.15, 0.2) is 0 Å². The smallest absolute Gasteiger partial charge is 0.135 e. The predicted molar refractivity (Wildman–Crippen MR) is 110 cm³/mol. The van der Waals surface area contributed by atoms with Crippen LogP contribution in [-0.4, -0.2) is 0 Å². The maximum Gasteiger partial charge on any atom is 0.135 e. The van der Waals surface area contributed by atoms with Crippen LogP contribution in [-0.2, 0) is 5.54 Å². The summed E-state index contributed by atoms with van der Waals surface area (Å²) in [5.41, 5.74) is 8.63. The molecular formula is C21H22N2S2. The maximum atomic E-state index is 4.99. The second kappa shape index (κ2) is 5.82. The summed E-state index contributed by atoms with van der Waals surface area (Å²) in [6.07, 6.45) is 0. The molecule has 1 N–H and O–H groups in total. The molecule has 2 nitrogen and oxygen atoms in total. The summed E-state index contributed by atoms with van der Waals surface area (Å²) in [5, 5.41) is 3.72. The van der Waals surface area contributed by atoms with Crippen LogP contribution in [0.2, 0.25) is 0 Å². The molecule has 0 atom stereocenters. The molecule has 0 fully saturated rings. The lowest BCUT2D eigenvalue weighted by Gasteiger charge is -2.33. The van der Waals surface area contributed by atoms with E-state index in [4.69, 9.17) is 4.99 Å². The third-order valence-corrected chi connectivity index (χ3v) is 7.44. The Hall–Kier alpha value is -1.91. The van der Waals surface area contributed by atoms with Crippen LogP contribution in [0, 0.1) is 20.8 Å². The average Bonchev–Trinajstić information content (AvgIpc) is 2.94. The third-order valence-electron chi connectivity index (χ3n) is 4.80. The van der Waals surface area contributed by atoms with E-state index in [1.54, 1.807) is 10.3 Å². The van der Waals surface area contributed by atoms with Crippen molar-refractivity contribution in [3.05, 3.63) is 62.6 Å². The van der Waals surface area contributed by atoms with Crippen molar-refractivity contribution in [1.82, 2.24) is 0 Å². The number of nitrogens with zero attached hydrogens (tertiary/aromatic N) is 1. The van der Waals surface area contributed by atoms with E-state index < -0.39 is 0 Å². The molecule has 0 saturated heterocycles. The molecule has 2 heterocycles.